The highest BCUT2D eigenvalue weighted by molar-refractivity contribution is 14.1. The van der Waals surface area contributed by atoms with Crippen molar-refractivity contribution in [3.63, 3.8) is 0 Å². The summed E-state index contributed by atoms with van der Waals surface area (Å²) in [5.74, 6) is -0.412. The zero-order chi connectivity index (χ0) is 18.7. The van der Waals surface area contributed by atoms with Crippen LogP contribution in [0.5, 0.6) is 0 Å². The van der Waals surface area contributed by atoms with Gasteiger partial charge in [0.1, 0.15) is 0 Å². The Balaban J connectivity index is 1.92. The Bertz CT molecular complexity index is 922. The average Bonchev–Trinajstić information content (AvgIpc) is 2.64. The van der Waals surface area contributed by atoms with Crippen LogP contribution in [0.1, 0.15) is 35.2 Å². The van der Waals surface area contributed by atoms with Gasteiger partial charge < -0.3 is 5.32 Å². The van der Waals surface area contributed by atoms with Crippen LogP contribution in [0.4, 0.5) is 5.69 Å². The molecular formula is C19H21IN2O3S. The normalized spacial score (nSPS) is 15.6. The lowest BCUT2D eigenvalue weighted by atomic mass is 10.1. The number of benzene rings is 2. The summed E-state index contributed by atoms with van der Waals surface area (Å²) in [6.45, 7) is 2.93. The number of aryl methyl sites for hydroxylation is 1. The molecule has 0 aromatic heterocycles. The van der Waals surface area contributed by atoms with Gasteiger partial charge in [0.15, 0.2) is 0 Å². The maximum absolute atomic E-state index is 13.0. The number of halogens is 1. The predicted molar refractivity (Wildman–Crippen MR) is 111 cm³/mol. The Morgan fingerprint density at radius 2 is 1.77 bits per heavy atom. The van der Waals surface area contributed by atoms with Crippen LogP contribution >= 0.6 is 22.6 Å². The Kier molecular flexibility index (Phi) is 5.99. The largest absolute Gasteiger partial charge is 0.322 e. The molecule has 0 radical (unpaired) electrons. The van der Waals surface area contributed by atoms with Crippen molar-refractivity contribution < 1.29 is 13.2 Å². The third-order valence-electron chi connectivity index (χ3n) is 4.50. The fraction of sp³-hybridized carbons (Fsp3) is 0.316. The van der Waals surface area contributed by atoms with Gasteiger partial charge >= 0.3 is 0 Å². The van der Waals surface area contributed by atoms with Gasteiger partial charge in [-0.05, 0) is 78.3 Å². The van der Waals surface area contributed by atoms with Crippen molar-refractivity contribution in [1.29, 1.82) is 0 Å². The van der Waals surface area contributed by atoms with Crippen molar-refractivity contribution in [2.45, 2.75) is 31.1 Å². The molecule has 0 unspecified atom stereocenters. The Morgan fingerprint density at radius 1 is 1.08 bits per heavy atom. The quantitative estimate of drug-likeness (QED) is 0.667. The number of sulfonamides is 1. The number of carbonyl (C=O) groups excluding carboxylic acids is 1. The molecule has 0 atom stereocenters. The highest BCUT2D eigenvalue weighted by atomic mass is 127. The molecule has 0 aliphatic carbocycles. The second-order valence-electron chi connectivity index (χ2n) is 6.37. The maximum Gasteiger partial charge on any atom is 0.257 e. The predicted octanol–water partition coefficient (Wildman–Crippen LogP) is 4.03. The fourth-order valence-corrected chi connectivity index (χ4v) is 5.43. The van der Waals surface area contributed by atoms with E-state index in [9.17, 15) is 13.2 Å². The lowest BCUT2D eigenvalue weighted by molar-refractivity contribution is 0.102. The SMILES string of the molecule is Cc1cc(I)ccc1NC(=O)c1ccccc1S(=O)(=O)N1CCCCC1. The molecular weight excluding hydrogens is 463 g/mol. The maximum atomic E-state index is 13.0. The van der Waals surface area contributed by atoms with Gasteiger partial charge in [0, 0.05) is 22.3 Å². The molecule has 1 N–H and O–H groups in total. The fourth-order valence-electron chi connectivity index (χ4n) is 3.08. The number of rotatable bonds is 4. The van der Waals surface area contributed by atoms with Crippen LogP contribution in [0.25, 0.3) is 0 Å². The molecule has 1 heterocycles. The van der Waals surface area contributed by atoms with Gasteiger partial charge in [-0.1, -0.05) is 18.6 Å². The van der Waals surface area contributed by atoms with Crippen molar-refractivity contribution in [1.82, 2.24) is 4.31 Å². The summed E-state index contributed by atoms with van der Waals surface area (Å²) in [6.07, 6.45) is 2.76. The summed E-state index contributed by atoms with van der Waals surface area (Å²) < 4.78 is 28.6. The van der Waals surface area contributed by atoms with Crippen LogP contribution in [0.2, 0.25) is 0 Å². The van der Waals surface area contributed by atoms with Crippen LogP contribution in [-0.4, -0.2) is 31.7 Å². The topological polar surface area (TPSA) is 66.5 Å². The van der Waals surface area contributed by atoms with Crippen LogP contribution < -0.4 is 5.32 Å². The number of hydrogen-bond donors (Lipinski definition) is 1. The number of anilines is 1. The van der Waals surface area contributed by atoms with Crippen molar-refractivity contribution in [2.75, 3.05) is 18.4 Å². The van der Waals surface area contributed by atoms with Crippen molar-refractivity contribution in [2.24, 2.45) is 0 Å². The van der Waals surface area contributed by atoms with Gasteiger partial charge in [0.25, 0.3) is 5.91 Å². The molecule has 1 aliphatic heterocycles. The Labute approximate surface area is 168 Å². The van der Waals surface area contributed by atoms with Crippen LogP contribution in [0.3, 0.4) is 0 Å². The number of carbonyl (C=O) groups is 1. The molecule has 1 saturated heterocycles. The first-order valence-electron chi connectivity index (χ1n) is 8.56. The van der Waals surface area contributed by atoms with Gasteiger partial charge in [-0.3, -0.25) is 4.79 Å². The molecule has 26 heavy (non-hydrogen) atoms. The van der Waals surface area contributed by atoms with E-state index in [0.717, 1.165) is 28.4 Å². The summed E-state index contributed by atoms with van der Waals surface area (Å²) in [4.78, 5) is 12.9. The van der Waals surface area contributed by atoms with Gasteiger partial charge in [-0.2, -0.15) is 4.31 Å². The molecule has 5 nitrogen and oxygen atoms in total. The first-order chi connectivity index (χ1) is 12.4. The summed E-state index contributed by atoms with van der Waals surface area (Å²) in [6, 6.07) is 12.1. The van der Waals surface area contributed by atoms with E-state index >= 15 is 0 Å². The van der Waals surface area contributed by atoms with E-state index in [4.69, 9.17) is 0 Å². The minimum Gasteiger partial charge on any atom is -0.322 e. The molecule has 1 fully saturated rings. The number of piperidine rings is 1. The van der Waals surface area contributed by atoms with E-state index in [1.54, 1.807) is 18.2 Å². The number of hydrogen-bond acceptors (Lipinski definition) is 3. The summed E-state index contributed by atoms with van der Waals surface area (Å²) in [7, 11) is -3.68. The molecule has 7 heteroatoms. The van der Waals surface area contributed by atoms with Gasteiger partial charge in [-0.25, -0.2) is 8.42 Å². The van der Waals surface area contributed by atoms with Crippen LogP contribution in [0, 0.1) is 10.5 Å². The highest BCUT2D eigenvalue weighted by Crippen LogP contribution is 2.25. The molecule has 3 rings (SSSR count). The zero-order valence-electron chi connectivity index (χ0n) is 14.5. The van der Waals surface area contributed by atoms with E-state index in [0.29, 0.717) is 18.8 Å². The monoisotopic (exact) mass is 484 g/mol. The van der Waals surface area contributed by atoms with E-state index in [1.165, 1.54) is 10.4 Å². The molecule has 2 aromatic carbocycles. The Hall–Kier alpha value is -1.45. The van der Waals surface area contributed by atoms with E-state index < -0.39 is 15.9 Å². The van der Waals surface area contributed by atoms with Gasteiger partial charge in [-0.15, -0.1) is 0 Å². The molecule has 1 amide bonds. The lowest BCUT2D eigenvalue weighted by Gasteiger charge is -2.26. The smallest absolute Gasteiger partial charge is 0.257 e. The van der Waals surface area contributed by atoms with E-state index in [-0.39, 0.29) is 10.5 Å². The van der Waals surface area contributed by atoms with E-state index in [1.807, 2.05) is 25.1 Å². The third-order valence-corrected chi connectivity index (χ3v) is 7.13. The van der Waals surface area contributed by atoms with Gasteiger partial charge in [0.05, 0.1) is 10.5 Å². The van der Waals surface area contributed by atoms with Crippen LogP contribution in [0.15, 0.2) is 47.4 Å². The molecule has 2 aromatic rings. The number of nitrogens with zero attached hydrogens (tertiary/aromatic N) is 1. The van der Waals surface area contributed by atoms with E-state index in [2.05, 4.69) is 27.9 Å². The molecule has 1 aliphatic rings. The lowest BCUT2D eigenvalue weighted by Crippen LogP contribution is -2.36. The molecule has 0 saturated carbocycles. The second kappa shape index (κ2) is 8.06. The molecule has 0 bridgehead atoms. The minimum absolute atomic E-state index is 0.0718. The number of amides is 1. The standard InChI is InChI=1S/C19H21IN2O3S/c1-14-13-15(20)9-10-17(14)21-19(23)16-7-3-4-8-18(16)26(24,25)22-11-5-2-6-12-22/h3-4,7-10,13H,2,5-6,11-12H2,1H3,(H,21,23). The summed E-state index contributed by atoms with van der Waals surface area (Å²) in [5, 5.41) is 2.84. The first-order valence-corrected chi connectivity index (χ1v) is 11.1. The van der Waals surface area contributed by atoms with Crippen LogP contribution in [-0.2, 0) is 10.0 Å². The number of nitrogens with one attached hydrogen (secondary N) is 1. The summed E-state index contributed by atoms with van der Waals surface area (Å²) >= 11 is 2.21. The minimum atomic E-state index is -3.68. The molecule has 0 spiro atoms. The first kappa shape index (κ1) is 19.3. The molecule has 138 valence electrons. The van der Waals surface area contributed by atoms with Crippen molar-refractivity contribution >= 4 is 44.2 Å². The van der Waals surface area contributed by atoms with Crippen molar-refractivity contribution in [3.05, 3.63) is 57.2 Å². The second-order valence-corrected chi connectivity index (χ2v) is 9.53. The Morgan fingerprint density at radius 3 is 2.46 bits per heavy atom. The van der Waals surface area contributed by atoms with Gasteiger partial charge in [0.2, 0.25) is 10.0 Å². The van der Waals surface area contributed by atoms with Crippen molar-refractivity contribution in [3.8, 4) is 0 Å². The third kappa shape index (κ3) is 4.10. The highest BCUT2D eigenvalue weighted by Gasteiger charge is 2.29. The zero-order valence-corrected chi connectivity index (χ0v) is 17.5. The summed E-state index contributed by atoms with van der Waals surface area (Å²) in [5.41, 5.74) is 1.79. The average molecular weight is 484 g/mol.